The van der Waals surface area contributed by atoms with Gasteiger partial charge in [-0.15, -0.1) is 0 Å². The molecule has 21 heavy (non-hydrogen) atoms. The number of amides is 1. The van der Waals surface area contributed by atoms with E-state index in [2.05, 4.69) is 18.7 Å². The van der Waals surface area contributed by atoms with Crippen molar-refractivity contribution in [1.82, 2.24) is 9.80 Å². The second kappa shape index (κ2) is 5.86. The van der Waals surface area contributed by atoms with Gasteiger partial charge in [0.05, 0.1) is 17.7 Å². The van der Waals surface area contributed by atoms with Gasteiger partial charge in [0.2, 0.25) is 5.91 Å². The molecule has 2 unspecified atom stereocenters. The Bertz CT molecular complexity index is 379. The van der Waals surface area contributed by atoms with Crippen molar-refractivity contribution in [3.05, 3.63) is 0 Å². The molecular weight excluding hydrogens is 266 g/mol. The van der Waals surface area contributed by atoms with Gasteiger partial charge in [-0.1, -0.05) is 0 Å². The summed E-state index contributed by atoms with van der Waals surface area (Å²) in [6.07, 6.45) is 4.64. The predicted molar refractivity (Wildman–Crippen MR) is 81.9 cm³/mol. The van der Waals surface area contributed by atoms with Crippen LogP contribution in [0.25, 0.3) is 0 Å². The van der Waals surface area contributed by atoms with Gasteiger partial charge in [0.1, 0.15) is 0 Å². The molecule has 0 aromatic heterocycles. The SMILES string of the molecule is CC1CN(CC2CCN(C(=O)C3(N)CC3)CC2)CC(C)O1. The number of rotatable bonds is 3. The summed E-state index contributed by atoms with van der Waals surface area (Å²) >= 11 is 0. The molecule has 0 radical (unpaired) electrons. The van der Waals surface area contributed by atoms with Gasteiger partial charge < -0.3 is 15.4 Å². The minimum absolute atomic E-state index is 0.189. The van der Waals surface area contributed by atoms with E-state index < -0.39 is 5.54 Å². The quantitative estimate of drug-likeness (QED) is 0.838. The fourth-order valence-corrected chi connectivity index (χ4v) is 3.78. The minimum Gasteiger partial charge on any atom is -0.373 e. The summed E-state index contributed by atoms with van der Waals surface area (Å²) in [5, 5.41) is 0. The van der Waals surface area contributed by atoms with Crippen LogP contribution in [0.3, 0.4) is 0 Å². The lowest BCUT2D eigenvalue weighted by molar-refractivity contribution is -0.135. The van der Waals surface area contributed by atoms with E-state index in [1.54, 1.807) is 0 Å². The van der Waals surface area contributed by atoms with Gasteiger partial charge in [0, 0.05) is 32.7 Å². The maximum Gasteiger partial charge on any atom is 0.242 e. The lowest BCUT2D eigenvalue weighted by Gasteiger charge is -2.40. The number of hydrogen-bond acceptors (Lipinski definition) is 4. The smallest absolute Gasteiger partial charge is 0.242 e. The number of ether oxygens (including phenoxy) is 1. The summed E-state index contributed by atoms with van der Waals surface area (Å²) in [6, 6.07) is 0. The molecule has 3 rings (SSSR count). The van der Waals surface area contributed by atoms with Gasteiger partial charge >= 0.3 is 0 Å². The van der Waals surface area contributed by atoms with Crippen molar-refractivity contribution < 1.29 is 9.53 Å². The van der Waals surface area contributed by atoms with Crippen molar-refractivity contribution in [3.63, 3.8) is 0 Å². The van der Waals surface area contributed by atoms with Crippen molar-refractivity contribution >= 4 is 5.91 Å². The van der Waals surface area contributed by atoms with E-state index >= 15 is 0 Å². The highest BCUT2D eigenvalue weighted by atomic mass is 16.5. The molecule has 5 heteroatoms. The molecule has 2 N–H and O–H groups in total. The van der Waals surface area contributed by atoms with Crippen LogP contribution in [0, 0.1) is 5.92 Å². The Labute approximate surface area is 127 Å². The summed E-state index contributed by atoms with van der Waals surface area (Å²) in [7, 11) is 0. The third-order valence-corrected chi connectivity index (χ3v) is 5.13. The molecule has 0 bridgehead atoms. The maximum absolute atomic E-state index is 12.2. The van der Waals surface area contributed by atoms with Crippen LogP contribution in [0.15, 0.2) is 0 Å². The summed E-state index contributed by atoms with van der Waals surface area (Å²) in [6.45, 7) is 9.30. The Morgan fingerprint density at radius 3 is 2.29 bits per heavy atom. The molecule has 3 aliphatic rings. The standard InChI is InChI=1S/C16H29N3O2/c1-12-9-18(10-13(2)21-12)11-14-3-7-19(8-4-14)15(20)16(17)5-6-16/h12-14H,3-11,17H2,1-2H3. The predicted octanol–water partition coefficient (Wildman–Crippen LogP) is 0.826. The van der Waals surface area contributed by atoms with Crippen LogP contribution in [0.2, 0.25) is 0 Å². The number of carbonyl (C=O) groups excluding carboxylic acids is 1. The van der Waals surface area contributed by atoms with Crippen LogP contribution in [0.5, 0.6) is 0 Å². The summed E-state index contributed by atoms with van der Waals surface area (Å²) in [5.74, 6) is 0.897. The zero-order valence-electron chi connectivity index (χ0n) is 13.4. The molecule has 0 aromatic rings. The molecule has 5 nitrogen and oxygen atoms in total. The van der Waals surface area contributed by atoms with E-state index in [-0.39, 0.29) is 5.91 Å². The largest absolute Gasteiger partial charge is 0.373 e. The number of nitrogens with zero attached hydrogens (tertiary/aromatic N) is 2. The van der Waals surface area contributed by atoms with Crippen LogP contribution in [0.1, 0.15) is 39.5 Å². The van der Waals surface area contributed by atoms with Crippen molar-refractivity contribution in [1.29, 1.82) is 0 Å². The third kappa shape index (κ3) is 3.58. The Hall–Kier alpha value is -0.650. The molecule has 2 saturated heterocycles. The molecule has 0 spiro atoms. The molecule has 2 atom stereocenters. The molecule has 120 valence electrons. The second-order valence-corrected chi connectivity index (χ2v) is 7.37. The Balaban J connectivity index is 1.44. The first kappa shape index (κ1) is 15.3. The zero-order chi connectivity index (χ0) is 15.0. The van der Waals surface area contributed by atoms with E-state index in [9.17, 15) is 4.79 Å². The van der Waals surface area contributed by atoms with Crippen LogP contribution in [-0.4, -0.2) is 66.2 Å². The van der Waals surface area contributed by atoms with Crippen LogP contribution in [0.4, 0.5) is 0 Å². The van der Waals surface area contributed by atoms with Gasteiger partial charge in [-0.05, 0) is 45.4 Å². The van der Waals surface area contributed by atoms with Crippen LogP contribution < -0.4 is 5.73 Å². The first-order chi connectivity index (χ1) is 9.96. The summed E-state index contributed by atoms with van der Waals surface area (Å²) in [5.41, 5.74) is 5.52. The van der Waals surface area contributed by atoms with Crippen molar-refractivity contribution in [2.75, 3.05) is 32.7 Å². The van der Waals surface area contributed by atoms with Gasteiger partial charge in [-0.2, -0.15) is 0 Å². The van der Waals surface area contributed by atoms with Gasteiger partial charge in [0.25, 0.3) is 0 Å². The van der Waals surface area contributed by atoms with Crippen LogP contribution in [-0.2, 0) is 9.53 Å². The number of carbonyl (C=O) groups is 1. The lowest BCUT2D eigenvalue weighted by atomic mass is 9.95. The molecule has 1 aliphatic carbocycles. The average Bonchev–Trinajstić information content (AvgIpc) is 3.17. The minimum atomic E-state index is -0.498. The highest BCUT2D eigenvalue weighted by Gasteiger charge is 2.48. The van der Waals surface area contributed by atoms with E-state index in [1.165, 1.54) is 0 Å². The third-order valence-electron chi connectivity index (χ3n) is 5.13. The van der Waals surface area contributed by atoms with E-state index in [4.69, 9.17) is 10.5 Å². The number of likely N-dealkylation sites (tertiary alicyclic amines) is 1. The average molecular weight is 295 g/mol. The first-order valence-corrected chi connectivity index (χ1v) is 8.42. The number of hydrogen-bond donors (Lipinski definition) is 1. The van der Waals surface area contributed by atoms with E-state index in [0.717, 1.165) is 58.4 Å². The fourth-order valence-electron chi connectivity index (χ4n) is 3.78. The molecule has 0 aromatic carbocycles. The Morgan fingerprint density at radius 2 is 1.76 bits per heavy atom. The lowest BCUT2D eigenvalue weighted by Crippen LogP contribution is -2.51. The van der Waals surface area contributed by atoms with Crippen molar-refractivity contribution in [2.45, 2.75) is 57.3 Å². The maximum atomic E-state index is 12.2. The zero-order valence-corrected chi connectivity index (χ0v) is 13.4. The molecule has 2 heterocycles. The van der Waals surface area contributed by atoms with Gasteiger partial charge in [0.15, 0.2) is 0 Å². The van der Waals surface area contributed by atoms with Gasteiger partial charge in [-0.3, -0.25) is 9.69 Å². The molecule has 1 saturated carbocycles. The topological polar surface area (TPSA) is 58.8 Å². The highest BCUT2D eigenvalue weighted by Crippen LogP contribution is 2.35. The molecular formula is C16H29N3O2. The molecule has 3 fully saturated rings. The van der Waals surface area contributed by atoms with Crippen molar-refractivity contribution in [3.8, 4) is 0 Å². The Kier molecular flexibility index (Phi) is 4.26. The molecule has 1 amide bonds. The first-order valence-electron chi connectivity index (χ1n) is 8.42. The normalized spacial score (nSPS) is 34.0. The summed E-state index contributed by atoms with van der Waals surface area (Å²) < 4.78 is 5.79. The van der Waals surface area contributed by atoms with Gasteiger partial charge in [-0.25, -0.2) is 0 Å². The van der Waals surface area contributed by atoms with Crippen LogP contribution >= 0.6 is 0 Å². The van der Waals surface area contributed by atoms with Crippen molar-refractivity contribution in [2.24, 2.45) is 11.7 Å². The number of nitrogens with two attached hydrogens (primary N) is 1. The monoisotopic (exact) mass is 295 g/mol. The number of morpholine rings is 1. The van der Waals surface area contributed by atoms with E-state index in [1.807, 2.05) is 4.90 Å². The summed E-state index contributed by atoms with van der Waals surface area (Å²) in [4.78, 5) is 16.8. The van der Waals surface area contributed by atoms with E-state index in [0.29, 0.717) is 18.1 Å². The second-order valence-electron chi connectivity index (χ2n) is 7.37. The fraction of sp³-hybridized carbons (Fsp3) is 0.938. The Morgan fingerprint density at radius 1 is 1.19 bits per heavy atom. The molecule has 2 aliphatic heterocycles. The number of piperidine rings is 1. The highest BCUT2D eigenvalue weighted by molar-refractivity contribution is 5.89.